The molecule has 2 aromatic heterocycles. The van der Waals surface area contributed by atoms with Crippen molar-refractivity contribution in [2.24, 2.45) is 0 Å². The van der Waals surface area contributed by atoms with E-state index in [1.54, 1.807) is 0 Å². The molecule has 0 radical (unpaired) electrons. The second-order valence-electron chi connectivity index (χ2n) is 4.31. The molecule has 3 nitrogen and oxygen atoms in total. The van der Waals surface area contributed by atoms with E-state index in [0.717, 1.165) is 30.1 Å². The van der Waals surface area contributed by atoms with Gasteiger partial charge in [-0.25, -0.2) is 0 Å². The van der Waals surface area contributed by atoms with Gasteiger partial charge < -0.3 is 5.32 Å². The average Bonchev–Trinajstić information content (AvgIpc) is 2.87. The molecule has 0 aromatic carbocycles. The molecule has 0 aliphatic heterocycles. The molecule has 0 aliphatic carbocycles. The van der Waals surface area contributed by atoms with Gasteiger partial charge in [-0.05, 0) is 31.5 Å². The van der Waals surface area contributed by atoms with E-state index >= 15 is 0 Å². The van der Waals surface area contributed by atoms with Crippen molar-refractivity contribution in [2.75, 3.05) is 0 Å². The molecule has 0 saturated heterocycles. The number of nitrogens with zero attached hydrogens (tertiary/aromatic N) is 2. The highest BCUT2D eigenvalue weighted by atomic mass is 32.1. The molecule has 5 heteroatoms. The Balaban J connectivity index is 1.89. The molecular formula is C13H18FN3S. The molecule has 2 aromatic rings. The number of aryl methyl sites for hydroxylation is 2. The lowest BCUT2D eigenvalue weighted by atomic mass is 10.3. The fraction of sp³-hybridized carbons (Fsp3) is 0.462. The van der Waals surface area contributed by atoms with Gasteiger partial charge in [-0.2, -0.15) is 9.49 Å². The molecule has 1 N–H and O–H groups in total. The van der Waals surface area contributed by atoms with Gasteiger partial charge in [-0.1, -0.05) is 6.92 Å². The molecule has 0 atom stereocenters. The predicted molar refractivity (Wildman–Crippen MR) is 72.1 cm³/mol. The Morgan fingerprint density at radius 3 is 2.89 bits per heavy atom. The zero-order valence-electron chi connectivity index (χ0n) is 10.7. The fourth-order valence-corrected chi connectivity index (χ4v) is 2.60. The third kappa shape index (κ3) is 3.40. The standard InChI is InChI=1S/C13H18FN3S/c1-3-6-17-11(7-10(2)16-17)8-15-9-12-4-5-13(14)18-12/h4-5,7,15H,3,6,8-9H2,1-2H3. The lowest BCUT2D eigenvalue weighted by molar-refractivity contribution is 0.548. The summed E-state index contributed by atoms with van der Waals surface area (Å²) in [7, 11) is 0. The van der Waals surface area contributed by atoms with Crippen molar-refractivity contribution < 1.29 is 4.39 Å². The predicted octanol–water partition coefficient (Wildman–Crippen LogP) is 3.09. The molecule has 0 spiro atoms. The van der Waals surface area contributed by atoms with Gasteiger partial charge in [0.25, 0.3) is 0 Å². The Labute approximate surface area is 111 Å². The van der Waals surface area contributed by atoms with E-state index in [1.807, 2.05) is 17.7 Å². The van der Waals surface area contributed by atoms with Crippen molar-refractivity contribution in [3.05, 3.63) is 39.6 Å². The van der Waals surface area contributed by atoms with Crippen LogP contribution in [-0.2, 0) is 19.6 Å². The molecule has 2 rings (SSSR count). The van der Waals surface area contributed by atoms with E-state index in [9.17, 15) is 4.39 Å². The van der Waals surface area contributed by atoms with Crippen LogP contribution in [0.15, 0.2) is 18.2 Å². The maximum atomic E-state index is 12.8. The van der Waals surface area contributed by atoms with Gasteiger partial charge in [-0.15, -0.1) is 11.3 Å². The molecule has 18 heavy (non-hydrogen) atoms. The van der Waals surface area contributed by atoms with E-state index in [0.29, 0.717) is 6.54 Å². The van der Waals surface area contributed by atoms with E-state index in [4.69, 9.17) is 0 Å². The van der Waals surface area contributed by atoms with Crippen LogP contribution in [0.3, 0.4) is 0 Å². The molecule has 2 heterocycles. The maximum Gasteiger partial charge on any atom is 0.176 e. The van der Waals surface area contributed by atoms with E-state index in [2.05, 4.69) is 23.4 Å². The first-order valence-corrected chi connectivity index (χ1v) is 6.99. The van der Waals surface area contributed by atoms with Crippen molar-refractivity contribution >= 4 is 11.3 Å². The van der Waals surface area contributed by atoms with Crippen LogP contribution in [0.25, 0.3) is 0 Å². The third-order valence-corrected chi connectivity index (χ3v) is 3.53. The average molecular weight is 267 g/mol. The third-order valence-electron chi connectivity index (χ3n) is 2.66. The number of aromatic nitrogens is 2. The molecule has 98 valence electrons. The smallest absolute Gasteiger partial charge is 0.176 e. The van der Waals surface area contributed by atoms with Crippen molar-refractivity contribution in [2.45, 2.75) is 39.9 Å². The normalized spacial score (nSPS) is 11.1. The first kappa shape index (κ1) is 13.2. The van der Waals surface area contributed by atoms with Crippen LogP contribution < -0.4 is 5.32 Å². The van der Waals surface area contributed by atoms with Crippen LogP contribution in [0.4, 0.5) is 4.39 Å². The van der Waals surface area contributed by atoms with E-state index < -0.39 is 0 Å². The number of hydrogen-bond donors (Lipinski definition) is 1. The molecular weight excluding hydrogens is 249 g/mol. The first-order valence-electron chi connectivity index (χ1n) is 6.17. The van der Waals surface area contributed by atoms with Crippen LogP contribution in [0.5, 0.6) is 0 Å². The van der Waals surface area contributed by atoms with Gasteiger partial charge in [0.1, 0.15) is 0 Å². The minimum absolute atomic E-state index is 0.126. The summed E-state index contributed by atoms with van der Waals surface area (Å²) in [6.45, 7) is 6.55. The molecule has 0 amide bonds. The summed E-state index contributed by atoms with van der Waals surface area (Å²) in [6, 6.07) is 5.42. The second-order valence-corrected chi connectivity index (χ2v) is 5.43. The van der Waals surface area contributed by atoms with E-state index in [-0.39, 0.29) is 5.13 Å². The minimum atomic E-state index is -0.126. The van der Waals surface area contributed by atoms with Crippen molar-refractivity contribution in [3.63, 3.8) is 0 Å². The number of rotatable bonds is 6. The lowest BCUT2D eigenvalue weighted by Crippen LogP contribution is -2.15. The topological polar surface area (TPSA) is 29.9 Å². The first-order chi connectivity index (χ1) is 8.69. The monoisotopic (exact) mass is 267 g/mol. The van der Waals surface area contributed by atoms with Crippen LogP contribution >= 0.6 is 11.3 Å². The summed E-state index contributed by atoms with van der Waals surface area (Å²) >= 11 is 1.19. The van der Waals surface area contributed by atoms with Crippen LogP contribution in [0.2, 0.25) is 0 Å². The minimum Gasteiger partial charge on any atom is -0.306 e. The Morgan fingerprint density at radius 1 is 1.39 bits per heavy atom. The molecule has 0 unspecified atom stereocenters. The van der Waals surface area contributed by atoms with Gasteiger partial charge in [0.15, 0.2) is 5.13 Å². The van der Waals surface area contributed by atoms with Crippen LogP contribution in [0.1, 0.15) is 29.6 Å². The quantitative estimate of drug-likeness (QED) is 0.871. The largest absolute Gasteiger partial charge is 0.306 e. The highest BCUT2D eigenvalue weighted by molar-refractivity contribution is 7.10. The van der Waals surface area contributed by atoms with Gasteiger partial charge >= 0.3 is 0 Å². The Hall–Kier alpha value is -1.20. The summed E-state index contributed by atoms with van der Waals surface area (Å²) in [5.74, 6) is 0. The highest BCUT2D eigenvalue weighted by Crippen LogP contribution is 2.14. The SMILES string of the molecule is CCCn1nc(C)cc1CNCc1ccc(F)s1. The summed E-state index contributed by atoms with van der Waals surface area (Å²) in [4.78, 5) is 1.02. The number of hydrogen-bond acceptors (Lipinski definition) is 3. The van der Waals surface area contributed by atoms with Gasteiger partial charge in [0.2, 0.25) is 0 Å². The fourth-order valence-electron chi connectivity index (χ4n) is 1.91. The number of thiophene rings is 1. The maximum absolute atomic E-state index is 12.8. The Kier molecular flexibility index (Phi) is 4.49. The highest BCUT2D eigenvalue weighted by Gasteiger charge is 2.05. The van der Waals surface area contributed by atoms with Crippen molar-refractivity contribution in [1.82, 2.24) is 15.1 Å². The van der Waals surface area contributed by atoms with Crippen LogP contribution in [0, 0.1) is 12.1 Å². The molecule has 0 aliphatic rings. The zero-order valence-corrected chi connectivity index (χ0v) is 11.6. The van der Waals surface area contributed by atoms with Crippen LogP contribution in [-0.4, -0.2) is 9.78 Å². The number of halogens is 1. The Morgan fingerprint density at radius 2 is 2.22 bits per heavy atom. The van der Waals surface area contributed by atoms with Crippen molar-refractivity contribution in [3.8, 4) is 0 Å². The summed E-state index contributed by atoms with van der Waals surface area (Å²) in [6.07, 6.45) is 1.07. The van der Waals surface area contributed by atoms with Gasteiger partial charge in [-0.3, -0.25) is 4.68 Å². The lowest BCUT2D eigenvalue weighted by Gasteiger charge is -2.06. The molecule has 0 fully saturated rings. The summed E-state index contributed by atoms with van der Waals surface area (Å²) in [5, 5.41) is 7.65. The van der Waals surface area contributed by atoms with Gasteiger partial charge in [0, 0.05) is 24.5 Å². The van der Waals surface area contributed by atoms with Crippen molar-refractivity contribution in [1.29, 1.82) is 0 Å². The van der Waals surface area contributed by atoms with E-state index in [1.165, 1.54) is 23.1 Å². The molecule has 0 saturated carbocycles. The Bertz CT molecular complexity index is 504. The second kappa shape index (κ2) is 6.11. The number of nitrogens with one attached hydrogen (secondary N) is 1. The van der Waals surface area contributed by atoms with Gasteiger partial charge in [0.05, 0.1) is 11.4 Å². The molecule has 0 bridgehead atoms. The zero-order chi connectivity index (χ0) is 13.0. The summed E-state index contributed by atoms with van der Waals surface area (Å²) < 4.78 is 14.9. The summed E-state index contributed by atoms with van der Waals surface area (Å²) in [5.41, 5.74) is 2.23.